The zero-order chi connectivity index (χ0) is 13.9. The highest BCUT2D eigenvalue weighted by Crippen LogP contribution is 2.34. The second-order valence-electron chi connectivity index (χ2n) is 6.56. The summed E-state index contributed by atoms with van der Waals surface area (Å²) in [7, 11) is 0. The fraction of sp³-hybridized carbons (Fsp3) is 0.867. The molecule has 20 heavy (non-hydrogen) atoms. The van der Waals surface area contributed by atoms with Gasteiger partial charge in [0.15, 0.2) is 5.82 Å². The molecule has 2 N–H and O–H groups in total. The minimum absolute atomic E-state index is 0.117. The first-order valence-corrected chi connectivity index (χ1v) is 8.04. The number of hydrogen-bond acceptors (Lipinski definition) is 5. The van der Waals surface area contributed by atoms with Gasteiger partial charge < -0.3 is 15.2 Å². The van der Waals surface area contributed by atoms with Gasteiger partial charge in [0, 0.05) is 12.5 Å². The molecule has 1 aliphatic carbocycles. The van der Waals surface area contributed by atoms with Gasteiger partial charge in [-0.3, -0.25) is 0 Å². The Morgan fingerprint density at radius 3 is 2.65 bits per heavy atom. The van der Waals surface area contributed by atoms with E-state index in [-0.39, 0.29) is 6.04 Å². The van der Waals surface area contributed by atoms with Gasteiger partial charge in [0.05, 0.1) is 6.04 Å². The third-order valence-electron chi connectivity index (χ3n) is 4.81. The van der Waals surface area contributed by atoms with Gasteiger partial charge >= 0.3 is 0 Å². The van der Waals surface area contributed by atoms with Crippen LogP contribution >= 0.6 is 0 Å². The first-order valence-electron chi connectivity index (χ1n) is 8.04. The Kier molecular flexibility index (Phi) is 4.36. The summed E-state index contributed by atoms with van der Waals surface area (Å²) in [5.41, 5.74) is 6.21. The molecule has 0 bridgehead atoms. The third kappa shape index (κ3) is 3.20. The van der Waals surface area contributed by atoms with E-state index in [9.17, 15) is 0 Å². The molecule has 1 aliphatic heterocycles. The molecule has 112 valence electrons. The van der Waals surface area contributed by atoms with Gasteiger partial charge in [-0.15, -0.1) is 0 Å². The normalized spacial score (nSPS) is 29.7. The van der Waals surface area contributed by atoms with Crippen LogP contribution in [-0.2, 0) is 0 Å². The van der Waals surface area contributed by atoms with E-state index in [2.05, 4.69) is 22.0 Å². The molecule has 1 saturated carbocycles. The predicted molar refractivity (Wildman–Crippen MR) is 77.3 cm³/mol. The second kappa shape index (κ2) is 6.22. The van der Waals surface area contributed by atoms with Crippen molar-refractivity contribution in [2.75, 3.05) is 19.6 Å². The van der Waals surface area contributed by atoms with Crippen LogP contribution in [0.15, 0.2) is 4.52 Å². The zero-order valence-corrected chi connectivity index (χ0v) is 12.4. The maximum absolute atomic E-state index is 6.21. The summed E-state index contributed by atoms with van der Waals surface area (Å²) in [6, 6.07) is -0.117. The number of aromatic nitrogens is 2. The van der Waals surface area contributed by atoms with Crippen LogP contribution in [0.2, 0.25) is 0 Å². The highest BCUT2D eigenvalue weighted by atomic mass is 16.5. The SMILES string of the molecule is CC1CCC(c2nc(C(N)CN3CCCC3)no2)CC1. The largest absolute Gasteiger partial charge is 0.339 e. The summed E-state index contributed by atoms with van der Waals surface area (Å²) in [5, 5.41) is 4.11. The lowest BCUT2D eigenvalue weighted by molar-refractivity contribution is 0.277. The molecule has 1 atom stereocenters. The van der Waals surface area contributed by atoms with Crippen molar-refractivity contribution in [1.82, 2.24) is 15.0 Å². The molecular weight excluding hydrogens is 252 g/mol. The van der Waals surface area contributed by atoms with Gasteiger partial charge in [-0.05, 0) is 57.5 Å². The van der Waals surface area contributed by atoms with E-state index in [4.69, 9.17) is 10.3 Å². The van der Waals surface area contributed by atoms with E-state index >= 15 is 0 Å². The summed E-state index contributed by atoms with van der Waals surface area (Å²) in [6.45, 7) is 5.47. The van der Waals surface area contributed by atoms with E-state index in [0.717, 1.165) is 31.4 Å². The van der Waals surface area contributed by atoms with E-state index in [1.54, 1.807) is 0 Å². The number of nitrogens with two attached hydrogens (primary N) is 1. The Morgan fingerprint density at radius 2 is 1.95 bits per heavy atom. The van der Waals surface area contributed by atoms with Crippen LogP contribution < -0.4 is 5.73 Å². The van der Waals surface area contributed by atoms with E-state index < -0.39 is 0 Å². The van der Waals surface area contributed by atoms with Gasteiger partial charge in [-0.1, -0.05) is 12.1 Å². The summed E-state index contributed by atoms with van der Waals surface area (Å²) in [5.74, 6) is 2.78. The number of likely N-dealkylation sites (tertiary alicyclic amines) is 1. The van der Waals surface area contributed by atoms with Crippen molar-refractivity contribution in [3.8, 4) is 0 Å². The lowest BCUT2D eigenvalue weighted by Crippen LogP contribution is -2.30. The maximum Gasteiger partial charge on any atom is 0.229 e. The van der Waals surface area contributed by atoms with Crippen molar-refractivity contribution in [2.45, 2.75) is 57.4 Å². The average Bonchev–Trinajstić information content (AvgIpc) is 3.10. The summed E-state index contributed by atoms with van der Waals surface area (Å²) >= 11 is 0. The van der Waals surface area contributed by atoms with Crippen molar-refractivity contribution in [3.05, 3.63) is 11.7 Å². The van der Waals surface area contributed by atoms with E-state index in [1.807, 2.05) is 0 Å². The summed E-state index contributed by atoms with van der Waals surface area (Å²) < 4.78 is 5.47. The quantitative estimate of drug-likeness (QED) is 0.916. The molecule has 2 heterocycles. The van der Waals surface area contributed by atoms with Crippen molar-refractivity contribution in [2.24, 2.45) is 11.7 Å². The topological polar surface area (TPSA) is 68.2 Å². The second-order valence-corrected chi connectivity index (χ2v) is 6.56. The lowest BCUT2D eigenvalue weighted by atomic mass is 9.83. The molecule has 2 aliphatic rings. The van der Waals surface area contributed by atoms with Gasteiger partial charge in [-0.25, -0.2) is 0 Å². The Morgan fingerprint density at radius 1 is 1.25 bits per heavy atom. The smallest absolute Gasteiger partial charge is 0.229 e. The minimum atomic E-state index is -0.117. The molecule has 0 aromatic carbocycles. The van der Waals surface area contributed by atoms with Crippen molar-refractivity contribution in [1.29, 1.82) is 0 Å². The molecule has 2 fully saturated rings. The zero-order valence-electron chi connectivity index (χ0n) is 12.4. The van der Waals surface area contributed by atoms with Crippen LogP contribution in [0.1, 0.15) is 69.1 Å². The summed E-state index contributed by atoms with van der Waals surface area (Å²) in [4.78, 5) is 6.96. The maximum atomic E-state index is 6.21. The molecule has 0 radical (unpaired) electrons. The predicted octanol–water partition coefficient (Wildman–Crippen LogP) is 2.46. The van der Waals surface area contributed by atoms with Gasteiger partial charge in [-0.2, -0.15) is 4.98 Å². The Hall–Kier alpha value is -0.940. The third-order valence-corrected chi connectivity index (χ3v) is 4.81. The molecule has 5 heteroatoms. The van der Waals surface area contributed by atoms with E-state index in [1.165, 1.54) is 38.5 Å². The first kappa shape index (κ1) is 14.0. The Bertz CT molecular complexity index is 419. The van der Waals surface area contributed by atoms with Crippen molar-refractivity contribution < 1.29 is 4.52 Å². The number of nitrogens with zero attached hydrogens (tertiary/aromatic N) is 3. The first-order chi connectivity index (χ1) is 9.72. The average molecular weight is 278 g/mol. The van der Waals surface area contributed by atoms with Crippen LogP contribution in [0.25, 0.3) is 0 Å². The molecule has 1 saturated heterocycles. The van der Waals surface area contributed by atoms with Crippen molar-refractivity contribution >= 4 is 0 Å². The number of hydrogen-bond donors (Lipinski definition) is 1. The summed E-state index contributed by atoms with van der Waals surface area (Å²) in [6.07, 6.45) is 7.44. The Balaban J connectivity index is 1.58. The molecule has 0 amide bonds. The van der Waals surface area contributed by atoms with Crippen molar-refractivity contribution in [3.63, 3.8) is 0 Å². The van der Waals surface area contributed by atoms with E-state index in [0.29, 0.717) is 11.7 Å². The molecule has 1 unspecified atom stereocenters. The monoisotopic (exact) mass is 278 g/mol. The Labute approximate surface area is 120 Å². The number of rotatable bonds is 4. The van der Waals surface area contributed by atoms with Gasteiger partial charge in [0.1, 0.15) is 0 Å². The molecular formula is C15H26N4O. The van der Waals surface area contributed by atoms with Gasteiger partial charge in [0.2, 0.25) is 5.89 Å². The molecule has 1 aromatic heterocycles. The highest BCUT2D eigenvalue weighted by molar-refractivity contribution is 5.00. The standard InChI is InChI=1S/C15H26N4O/c1-11-4-6-12(7-5-11)15-17-14(18-20-15)13(16)10-19-8-2-3-9-19/h11-13H,2-10,16H2,1H3. The lowest BCUT2D eigenvalue weighted by Gasteiger charge is -2.23. The molecule has 1 aromatic rings. The van der Waals surface area contributed by atoms with Crippen LogP contribution in [0.4, 0.5) is 0 Å². The molecule has 3 rings (SSSR count). The fourth-order valence-corrected chi connectivity index (χ4v) is 3.40. The van der Waals surface area contributed by atoms with Crippen LogP contribution in [0.3, 0.4) is 0 Å². The van der Waals surface area contributed by atoms with Crippen LogP contribution in [0.5, 0.6) is 0 Å². The fourth-order valence-electron chi connectivity index (χ4n) is 3.40. The highest BCUT2D eigenvalue weighted by Gasteiger charge is 2.26. The van der Waals surface area contributed by atoms with Crippen LogP contribution in [-0.4, -0.2) is 34.7 Å². The minimum Gasteiger partial charge on any atom is -0.339 e. The molecule has 5 nitrogen and oxygen atoms in total. The van der Waals surface area contributed by atoms with Gasteiger partial charge in [0.25, 0.3) is 0 Å². The van der Waals surface area contributed by atoms with Crippen LogP contribution in [0, 0.1) is 5.92 Å². The molecule has 0 spiro atoms.